The normalized spacial score (nSPS) is 11.1. The number of aromatic hydroxyl groups is 1. The Hall–Kier alpha value is -3.02. The van der Waals surface area contributed by atoms with Gasteiger partial charge in [-0.25, -0.2) is 0 Å². The van der Waals surface area contributed by atoms with Gasteiger partial charge in [-0.3, -0.25) is 9.59 Å². The molecule has 6 nitrogen and oxygen atoms in total. The van der Waals surface area contributed by atoms with E-state index in [0.717, 1.165) is 16.9 Å². The molecule has 0 amide bonds. The summed E-state index contributed by atoms with van der Waals surface area (Å²) in [7, 11) is 1.61. The fourth-order valence-electron chi connectivity index (χ4n) is 2.77. The van der Waals surface area contributed by atoms with Crippen LogP contribution in [-0.2, 0) is 29.9 Å². The maximum atomic E-state index is 11.8. The van der Waals surface area contributed by atoms with E-state index in [-0.39, 0.29) is 17.7 Å². The molecule has 0 saturated carbocycles. The Morgan fingerprint density at radius 3 is 1.68 bits per heavy atom. The van der Waals surface area contributed by atoms with Crippen molar-refractivity contribution in [2.24, 2.45) is 0 Å². The largest absolute Gasteiger partial charge is 0.508 e. The van der Waals surface area contributed by atoms with Crippen molar-refractivity contribution < 1.29 is 28.9 Å². The van der Waals surface area contributed by atoms with E-state index in [1.165, 1.54) is 0 Å². The summed E-state index contributed by atoms with van der Waals surface area (Å²) >= 11 is 0. The zero-order valence-electron chi connectivity index (χ0n) is 19.5. The molecule has 0 unspecified atom stereocenters. The molecule has 6 heteroatoms. The topological polar surface area (TPSA) is 82.1 Å². The number of ether oxygens (including phenoxy) is 3. The lowest BCUT2D eigenvalue weighted by atomic mass is 9.84. The lowest BCUT2D eigenvalue weighted by Gasteiger charge is -2.23. The number of esters is 2. The van der Waals surface area contributed by atoms with Crippen LogP contribution in [0.2, 0.25) is 0 Å². The summed E-state index contributed by atoms with van der Waals surface area (Å²) in [5.41, 5.74) is 0.269. The van der Waals surface area contributed by atoms with Crippen LogP contribution in [0.25, 0.3) is 0 Å². The van der Waals surface area contributed by atoms with Crippen LogP contribution in [-0.4, -0.2) is 37.4 Å². The Kier molecular flexibility index (Phi) is 9.56. The van der Waals surface area contributed by atoms with Crippen molar-refractivity contribution in [1.29, 1.82) is 0 Å². The van der Waals surface area contributed by atoms with Crippen LogP contribution < -0.4 is 4.74 Å². The molecule has 2 aromatic carbocycles. The summed E-state index contributed by atoms with van der Waals surface area (Å²) in [6.07, 6.45) is 0. The van der Waals surface area contributed by atoms with E-state index in [9.17, 15) is 14.7 Å². The third kappa shape index (κ3) is 7.02. The molecular weight excluding hydrogens is 396 g/mol. The van der Waals surface area contributed by atoms with E-state index in [4.69, 9.17) is 14.2 Å². The first-order chi connectivity index (χ1) is 14.5. The maximum absolute atomic E-state index is 11.8. The Balaban J connectivity index is 0.000000311. The molecule has 0 heterocycles. The van der Waals surface area contributed by atoms with E-state index in [1.54, 1.807) is 59.1 Å². The van der Waals surface area contributed by atoms with E-state index in [2.05, 4.69) is 0 Å². The highest BCUT2D eigenvalue weighted by molar-refractivity contribution is 5.82. The first kappa shape index (κ1) is 26.0. The fraction of sp³-hybridized carbons (Fsp3) is 0.440. The Labute approximate surface area is 185 Å². The number of carbonyl (C=O) groups excluding carboxylic acids is 2. The number of phenolic OH excluding ortho intramolecular Hbond substituents is 1. The zero-order chi connectivity index (χ0) is 23.7. The maximum Gasteiger partial charge on any atom is 0.315 e. The van der Waals surface area contributed by atoms with Crippen molar-refractivity contribution in [1.82, 2.24) is 0 Å². The molecule has 0 bridgehead atoms. The van der Waals surface area contributed by atoms with Gasteiger partial charge in [-0.15, -0.1) is 0 Å². The Morgan fingerprint density at radius 2 is 1.26 bits per heavy atom. The number of hydrogen-bond donors (Lipinski definition) is 1. The molecule has 0 aliphatic heterocycles. The van der Waals surface area contributed by atoms with Gasteiger partial charge in [0.15, 0.2) is 0 Å². The molecule has 170 valence electrons. The minimum Gasteiger partial charge on any atom is -0.508 e. The smallest absolute Gasteiger partial charge is 0.315 e. The minimum absolute atomic E-state index is 0.157. The summed E-state index contributed by atoms with van der Waals surface area (Å²) in [5, 5.41) is 9.34. The van der Waals surface area contributed by atoms with Crippen molar-refractivity contribution in [3.63, 3.8) is 0 Å². The molecule has 0 radical (unpaired) electrons. The van der Waals surface area contributed by atoms with E-state index >= 15 is 0 Å². The highest BCUT2D eigenvalue weighted by Gasteiger charge is 2.32. The number of rotatable bonds is 7. The molecular formula is C25H34O6. The second-order valence-electron chi connectivity index (χ2n) is 7.97. The molecule has 0 atom stereocenters. The van der Waals surface area contributed by atoms with Crippen molar-refractivity contribution in [3.8, 4) is 11.5 Å². The van der Waals surface area contributed by atoms with Crippen molar-refractivity contribution >= 4 is 11.9 Å². The lowest BCUT2D eigenvalue weighted by molar-refractivity contribution is -0.149. The highest BCUT2D eigenvalue weighted by atomic mass is 16.5. The third-order valence-electron chi connectivity index (χ3n) is 4.93. The van der Waals surface area contributed by atoms with Crippen LogP contribution in [0.1, 0.15) is 52.7 Å². The standard InChI is InChI=1S/C13H18O3.C12H16O3/c1-5-16-12(14)13(2,3)10-7-6-8-11(9-10)15-4;1-4-15-11(14)12(2,3)9-6-5-7-10(13)8-9/h6-9H,5H2,1-4H3;5-8,13H,4H2,1-3H3. The van der Waals surface area contributed by atoms with Crippen LogP contribution >= 0.6 is 0 Å². The third-order valence-corrected chi connectivity index (χ3v) is 4.93. The second kappa shape index (κ2) is 11.4. The van der Waals surface area contributed by atoms with Crippen LogP contribution in [0.5, 0.6) is 11.5 Å². The molecule has 2 rings (SSSR count). The van der Waals surface area contributed by atoms with Crippen LogP contribution in [0, 0.1) is 0 Å². The highest BCUT2D eigenvalue weighted by Crippen LogP contribution is 2.28. The van der Waals surface area contributed by atoms with Gasteiger partial charge in [-0.2, -0.15) is 0 Å². The van der Waals surface area contributed by atoms with Crippen LogP contribution in [0.3, 0.4) is 0 Å². The number of carbonyl (C=O) groups is 2. The number of benzene rings is 2. The lowest BCUT2D eigenvalue weighted by Crippen LogP contribution is -2.31. The average Bonchev–Trinajstić information content (AvgIpc) is 2.74. The summed E-state index contributed by atoms with van der Waals surface area (Å²) in [5.74, 6) is 0.401. The predicted molar refractivity (Wildman–Crippen MR) is 120 cm³/mol. The molecule has 0 fully saturated rings. The SMILES string of the molecule is CCOC(=O)C(C)(C)c1cccc(O)c1.CCOC(=O)C(C)(C)c1cccc(OC)c1. The molecule has 0 aromatic heterocycles. The van der Waals surface area contributed by atoms with Gasteiger partial charge in [-0.1, -0.05) is 24.3 Å². The second-order valence-corrected chi connectivity index (χ2v) is 7.97. The van der Waals surface area contributed by atoms with Gasteiger partial charge in [0.1, 0.15) is 11.5 Å². The van der Waals surface area contributed by atoms with E-state index in [0.29, 0.717) is 13.2 Å². The Bertz CT molecular complexity index is 870. The van der Waals surface area contributed by atoms with Gasteiger partial charge < -0.3 is 19.3 Å². The van der Waals surface area contributed by atoms with E-state index in [1.807, 2.05) is 38.1 Å². The van der Waals surface area contributed by atoms with Crippen molar-refractivity contribution in [2.45, 2.75) is 52.4 Å². The average molecular weight is 431 g/mol. The summed E-state index contributed by atoms with van der Waals surface area (Å²) < 4.78 is 15.2. The van der Waals surface area contributed by atoms with Gasteiger partial charge in [0, 0.05) is 0 Å². The summed E-state index contributed by atoms with van der Waals surface area (Å²) in [6, 6.07) is 14.2. The number of phenols is 1. The monoisotopic (exact) mass is 430 g/mol. The molecule has 1 N–H and O–H groups in total. The number of hydrogen-bond acceptors (Lipinski definition) is 6. The molecule has 31 heavy (non-hydrogen) atoms. The number of methoxy groups -OCH3 is 1. The first-order valence-corrected chi connectivity index (χ1v) is 10.3. The quantitative estimate of drug-likeness (QED) is 0.637. The molecule has 0 aliphatic rings. The minimum atomic E-state index is -0.727. The van der Waals surface area contributed by atoms with Gasteiger partial charge in [0.25, 0.3) is 0 Å². The van der Waals surface area contributed by atoms with Gasteiger partial charge >= 0.3 is 11.9 Å². The summed E-state index contributed by atoms with van der Waals surface area (Å²) in [6.45, 7) is 11.6. The first-order valence-electron chi connectivity index (χ1n) is 10.3. The fourth-order valence-corrected chi connectivity index (χ4v) is 2.77. The van der Waals surface area contributed by atoms with Gasteiger partial charge in [0.2, 0.25) is 0 Å². The molecule has 0 spiro atoms. The van der Waals surface area contributed by atoms with Gasteiger partial charge in [0.05, 0.1) is 31.2 Å². The Morgan fingerprint density at radius 1 is 0.806 bits per heavy atom. The predicted octanol–water partition coefficient (Wildman–Crippen LogP) is 4.77. The molecule has 0 saturated heterocycles. The molecule has 0 aliphatic carbocycles. The van der Waals surface area contributed by atoms with Crippen LogP contribution in [0.4, 0.5) is 0 Å². The van der Waals surface area contributed by atoms with Crippen molar-refractivity contribution in [3.05, 3.63) is 59.7 Å². The van der Waals surface area contributed by atoms with Gasteiger partial charge in [-0.05, 0) is 76.9 Å². The van der Waals surface area contributed by atoms with Crippen LogP contribution in [0.15, 0.2) is 48.5 Å². The molecule has 2 aromatic rings. The zero-order valence-corrected chi connectivity index (χ0v) is 19.5. The van der Waals surface area contributed by atoms with E-state index < -0.39 is 10.8 Å². The van der Waals surface area contributed by atoms with Crippen molar-refractivity contribution in [2.75, 3.05) is 20.3 Å². The summed E-state index contributed by atoms with van der Waals surface area (Å²) in [4.78, 5) is 23.5.